The minimum atomic E-state index is -0.595. The molecule has 0 aromatic rings. The van der Waals surface area contributed by atoms with Gasteiger partial charge in [-0.2, -0.15) is 0 Å². The molecule has 0 fully saturated rings. The molecule has 0 radical (unpaired) electrons. The van der Waals surface area contributed by atoms with E-state index in [1.165, 1.54) is 6.92 Å². The molecule has 0 aromatic carbocycles. The first-order valence-corrected chi connectivity index (χ1v) is 2.40. The molecule has 0 heterocycles. The van der Waals surface area contributed by atoms with Crippen LogP contribution in [0, 0.1) is 0 Å². The maximum absolute atomic E-state index is 12.1. The van der Waals surface area contributed by atoms with E-state index < -0.39 is 11.9 Å². The number of aliphatic hydroxyl groups excluding tert-OH is 1. The van der Waals surface area contributed by atoms with Crippen LogP contribution in [0.2, 0.25) is 0 Å². The van der Waals surface area contributed by atoms with E-state index in [2.05, 4.69) is 0 Å². The second-order valence-electron chi connectivity index (χ2n) is 1.56. The lowest BCUT2D eigenvalue weighted by Gasteiger charge is -1.97. The van der Waals surface area contributed by atoms with E-state index in [0.29, 0.717) is 0 Å². The molecule has 0 aliphatic rings. The molecule has 0 saturated carbocycles. The Morgan fingerprint density at radius 1 is 2.00 bits per heavy atom. The zero-order valence-electron chi connectivity index (χ0n) is 4.76. The molecule has 0 rings (SSSR count). The predicted molar refractivity (Wildman–Crippen MR) is 29.9 cm³/mol. The Morgan fingerprint density at radius 3 is 2.62 bits per heavy atom. The second kappa shape index (κ2) is 3.57. The van der Waals surface area contributed by atoms with Gasteiger partial charge in [-0.3, -0.25) is 0 Å². The molecule has 1 unspecified atom stereocenters. The minimum absolute atomic E-state index is 0.284. The fourth-order valence-corrected chi connectivity index (χ4v) is 0.273. The summed E-state index contributed by atoms with van der Waals surface area (Å²) in [5, 5.41) is 8.11. The van der Waals surface area contributed by atoms with Gasteiger partial charge in [0.25, 0.3) is 0 Å². The van der Waals surface area contributed by atoms with Gasteiger partial charge in [-0.15, -0.1) is 0 Å². The Balaban J connectivity index is 3.61. The van der Waals surface area contributed by atoms with Gasteiger partial charge in [-0.25, -0.2) is 4.39 Å². The number of aliphatic hydroxyl groups is 1. The first-order valence-electron chi connectivity index (χ1n) is 2.40. The van der Waals surface area contributed by atoms with Crippen molar-refractivity contribution < 1.29 is 9.50 Å². The molecular weight excluding hydrogens is 109 g/mol. The van der Waals surface area contributed by atoms with Gasteiger partial charge < -0.3 is 10.8 Å². The molecule has 8 heavy (non-hydrogen) atoms. The summed E-state index contributed by atoms with van der Waals surface area (Å²) < 4.78 is 12.1. The van der Waals surface area contributed by atoms with E-state index in [4.69, 9.17) is 10.8 Å². The van der Waals surface area contributed by atoms with Crippen molar-refractivity contribution in [2.24, 2.45) is 5.73 Å². The van der Waals surface area contributed by atoms with E-state index in [0.717, 1.165) is 6.08 Å². The van der Waals surface area contributed by atoms with Crippen molar-refractivity contribution in [2.45, 2.75) is 13.0 Å². The largest absolute Gasteiger partial charge is 0.392 e. The molecular formula is C5H10FNO. The molecule has 0 aliphatic carbocycles. The molecule has 0 spiro atoms. The summed E-state index contributed by atoms with van der Waals surface area (Å²) in [5.41, 5.74) is 5.07. The third-order valence-electron chi connectivity index (χ3n) is 0.721. The summed E-state index contributed by atoms with van der Waals surface area (Å²) in [6.07, 6.45) is 1.05. The normalized spacial score (nSPS) is 16.2. The van der Waals surface area contributed by atoms with Crippen molar-refractivity contribution in [3.8, 4) is 0 Å². The average Bonchev–Trinajstić information content (AvgIpc) is 1.67. The van der Waals surface area contributed by atoms with Crippen molar-refractivity contribution in [3.05, 3.63) is 11.9 Å². The van der Waals surface area contributed by atoms with E-state index in [1.54, 1.807) is 0 Å². The van der Waals surface area contributed by atoms with E-state index in [9.17, 15) is 4.39 Å². The van der Waals surface area contributed by atoms with E-state index in [-0.39, 0.29) is 6.61 Å². The Bertz CT molecular complexity index is 90.4. The minimum Gasteiger partial charge on any atom is -0.392 e. The van der Waals surface area contributed by atoms with Gasteiger partial charge in [-0.1, -0.05) is 0 Å². The third kappa shape index (κ3) is 2.71. The molecule has 3 heteroatoms. The van der Waals surface area contributed by atoms with Crippen LogP contribution in [0.1, 0.15) is 6.92 Å². The Morgan fingerprint density at radius 2 is 2.50 bits per heavy atom. The van der Waals surface area contributed by atoms with Crippen molar-refractivity contribution in [1.29, 1.82) is 0 Å². The van der Waals surface area contributed by atoms with Crippen LogP contribution in [0.4, 0.5) is 4.39 Å². The molecule has 3 N–H and O–H groups in total. The summed E-state index contributed by atoms with van der Waals surface area (Å²) in [6, 6.07) is -0.595. The number of nitrogens with two attached hydrogens (primary N) is 1. The summed E-state index contributed by atoms with van der Waals surface area (Å²) in [7, 11) is 0. The summed E-state index contributed by atoms with van der Waals surface area (Å²) in [5.74, 6) is -0.465. The maximum atomic E-state index is 12.1. The van der Waals surface area contributed by atoms with Gasteiger partial charge in [0, 0.05) is 0 Å². The van der Waals surface area contributed by atoms with Crippen molar-refractivity contribution in [2.75, 3.05) is 6.61 Å². The van der Waals surface area contributed by atoms with Gasteiger partial charge in [0.15, 0.2) is 0 Å². The molecule has 0 aliphatic heterocycles. The van der Waals surface area contributed by atoms with Crippen molar-refractivity contribution >= 4 is 0 Å². The second-order valence-corrected chi connectivity index (χ2v) is 1.56. The maximum Gasteiger partial charge on any atom is 0.115 e. The average molecular weight is 119 g/mol. The summed E-state index contributed by atoms with van der Waals surface area (Å²) in [6.45, 7) is 1.23. The van der Waals surface area contributed by atoms with Crippen molar-refractivity contribution in [3.63, 3.8) is 0 Å². The van der Waals surface area contributed by atoms with Gasteiger partial charge >= 0.3 is 0 Å². The zero-order valence-corrected chi connectivity index (χ0v) is 4.76. The highest BCUT2D eigenvalue weighted by molar-refractivity contribution is 4.98. The van der Waals surface area contributed by atoms with Gasteiger partial charge in [0.05, 0.1) is 12.6 Å². The molecule has 2 nitrogen and oxygen atoms in total. The van der Waals surface area contributed by atoms with E-state index >= 15 is 0 Å². The number of halogens is 1. The van der Waals surface area contributed by atoms with Crippen LogP contribution in [-0.4, -0.2) is 17.8 Å². The van der Waals surface area contributed by atoms with Gasteiger partial charge in [-0.05, 0) is 13.0 Å². The fraction of sp³-hybridized carbons (Fsp3) is 0.600. The smallest absolute Gasteiger partial charge is 0.115 e. The monoisotopic (exact) mass is 119 g/mol. The summed E-state index contributed by atoms with van der Waals surface area (Å²) >= 11 is 0. The van der Waals surface area contributed by atoms with Gasteiger partial charge in [0.2, 0.25) is 0 Å². The highest BCUT2D eigenvalue weighted by atomic mass is 19.1. The quantitative estimate of drug-likeness (QED) is 0.544. The first-order chi connectivity index (χ1) is 3.68. The van der Waals surface area contributed by atoms with Crippen LogP contribution in [0.25, 0.3) is 0 Å². The van der Waals surface area contributed by atoms with E-state index in [1.807, 2.05) is 0 Å². The standard InChI is InChI=1S/C5H10FNO/c1-4(7)5(6)2-3-8/h2,4,8H,3,7H2,1H3. The first kappa shape index (κ1) is 7.59. The number of hydrogen-bond acceptors (Lipinski definition) is 2. The number of hydrogen-bond donors (Lipinski definition) is 2. The SMILES string of the molecule is CC(N)C(F)=CCO. The highest BCUT2D eigenvalue weighted by Gasteiger charge is 1.97. The molecule has 0 bridgehead atoms. The lowest BCUT2D eigenvalue weighted by atomic mass is 10.3. The topological polar surface area (TPSA) is 46.2 Å². The van der Waals surface area contributed by atoms with Crippen LogP contribution in [0.3, 0.4) is 0 Å². The lowest BCUT2D eigenvalue weighted by Crippen LogP contribution is -2.15. The lowest BCUT2D eigenvalue weighted by molar-refractivity contribution is 0.337. The number of rotatable bonds is 2. The predicted octanol–water partition coefficient (Wildman–Crippen LogP) is 0.179. The Kier molecular flexibility index (Phi) is 3.39. The molecule has 0 amide bonds. The van der Waals surface area contributed by atoms with Crippen LogP contribution in [-0.2, 0) is 0 Å². The Hall–Kier alpha value is -0.410. The third-order valence-corrected chi connectivity index (χ3v) is 0.721. The molecule has 1 atom stereocenters. The fourth-order valence-electron chi connectivity index (χ4n) is 0.273. The van der Waals surface area contributed by atoms with Crippen LogP contribution < -0.4 is 5.73 Å². The van der Waals surface area contributed by atoms with Gasteiger partial charge in [0.1, 0.15) is 5.83 Å². The zero-order chi connectivity index (χ0) is 6.57. The summed E-state index contributed by atoms with van der Waals surface area (Å²) in [4.78, 5) is 0. The highest BCUT2D eigenvalue weighted by Crippen LogP contribution is 1.98. The van der Waals surface area contributed by atoms with Crippen LogP contribution >= 0.6 is 0 Å². The Labute approximate surface area is 47.8 Å². The molecule has 0 saturated heterocycles. The van der Waals surface area contributed by atoms with Crippen LogP contribution in [0.15, 0.2) is 11.9 Å². The molecule has 48 valence electrons. The van der Waals surface area contributed by atoms with Crippen LogP contribution in [0.5, 0.6) is 0 Å². The van der Waals surface area contributed by atoms with Crippen molar-refractivity contribution in [1.82, 2.24) is 0 Å². The molecule has 0 aromatic heterocycles.